The van der Waals surface area contributed by atoms with Crippen molar-refractivity contribution in [1.29, 1.82) is 0 Å². The average Bonchev–Trinajstić information content (AvgIpc) is 2.57. The monoisotopic (exact) mass is 330 g/mol. The molecule has 0 unspecified atom stereocenters. The lowest BCUT2D eigenvalue weighted by atomic mass is 10.1. The summed E-state index contributed by atoms with van der Waals surface area (Å²) in [5.74, 6) is 1.58. The molecule has 118 valence electrons. The molecule has 1 heterocycles. The van der Waals surface area contributed by atoms with E-state index in [4.69, 9.17) is 4.74 Å². The fourth-order valence-corrected chi connectivity index (χ4v) is 2.33. The molecule has 0 saturated carbocycles. The van der Waals surface area contributed by atoms with E-state index in [0.717, 1.165) is 22.6 Å². The molecule has 0 aliphatic heterocycles. The van der Waals surface area contributed by atoms with Gasteiger partial charge < -0.3 is 4.74 Å². The Balaban J connectivity index is 1.89. The van der Waals surface area contributed by atoms with Crippen LogP contribution >= 0.6 is 12.6 Å². The molecule has 0 aliphatic carbocycles. The van der Waals surface area contributed by atoms with Crippen LogP contribution in [0.2, 0.25) is 0 Å². The molecule has 0 fully saturated rings. The Morgan fingerprint density at radius 1 is 1.22 bits per heavy atom. The van der Waals surface area contributed by atoms with E-state index in [9.17, 15) is 4.39 Å². The zero-order valence-electron chi connectivity index (χ0n) is 12.4. The van der Waals surface area contributed by atoms with Crippen molar-refractivity contribution in [2.75, 3.05) is 12.9 Å². The number of aromatic nitrogens is 3. The number of methoxy groups -OCH3 is 1. The lowest BCUT2D eigenvalue weighted by Gasteiger charge is -2.13. The minimum atomic E-state index is -0.286. The molecule has 0 amide bonds. The van der Waals surface area contributed by atoms with E-state index in [0.29, 0.717) is 11.6 Å². The highest BCUT2D eigenvalue weighted by Crippen LogP contribution is 2.18. The number of ether oxygens (including phenoxy) is 1. The van der Waals surface area contributed by atoms with Crippen LogP contribution in [0.15, 0.2) is 53.6 Å². The van der Waals surface area contributed by atoms with Gasteiger partial charge in [0, 0.05) is 11.3 Å². The number of thiol groups is 1. The molecule has 0 atom stereocenters. The van der Waals surface area contributed by atoms with Crippen LogP contribution < -0.4 is 4.74 Å². The van der Waals surface area contributed by atoms with Gasteiger partial charge in [0.2, 0.25) is 5.82 Å². The van der Waals surface area contributed by atoms with Crippen molar-refractivity contribution < 1.29 is 9.13 Å². The maximum Gasteiger partial charge on any atom is 0.202 e. The van der Waals surface area contributed by atoms with Gasteiger partial charge in [-0.05, 0) is 54.1 Å². The highest BCUT2D eigenvalue weighted by atomic mass is 32.1. The van der Waals surface area contributed by atoms with E-state index in [1.54, 1.807) is 24.0 Å². The van der Waals surface area contributed by atoms with Gasteiger partial charge in [-0.15, -0.1) is 9.89 Å². The zero-order valence-corrected chi connectivity index (χ0v) is 13.3. The molecule has 2 aromatic carbocycles. The van der Waals surface area contributed by atoms with Crippen molar-refractivity contribution in [2.45, 2.75) is 0 Å². The van der Waals surface area contributed by atoms with Gasteiger partial charge in [0.25, 0.3) is 0 Å². The zero-order chi connectivity index (χ0) is 16.2. The molecule has 3 aromatic rings. The van der Waals surface area contributed by atoms with Gasteiger partial charge in [-0.1, -0.05) is 0 Å². The van der Waals surface area contributed by atoms with Crippen LogP contribution in [0.4, 0.5) is 4.39 Å². The van der Waals surface area contributed by atoms with Crippen molar-refractivity contribution in [3.63, 3.8) is 0 Å². The van der Waals surface area contributed by atoms with E-state index in [1.165, 1.54) is 12.1 Å². The Bertz CT molecular complexity index is 805. The maximum atomic E-state index is 13.0. The quantitative estimate of drug-likeness (QED) is 0.557. The topological polar surface area (TPSA) is 55.2 Å². The summed E-state index contributed by atoms with van der Waals surface area (Å²) in [5, 5.41) is 11.3. The Morgan fingerprint density at radius 2 is 1.91 bits per heavy atom. The molecule has 3 rings (SSSR count). The number of halogens is 1. The predicted octanol–water partition coefficient (Wildman–Crippen LogP) is 3.21. The van der Waals surface area contributed by atoms with Crippen molar-refractivity contribution >= 4 is 18.3 Å². The van der Waals surface area contributed by atoms with Crippen LogP contribution in [0.25, 0.3) is 11.4 Å². The van der Waals surface area contributed by atoms with E-state index in [-0.39, 0.29) is 5.82 Å². The summed E-state index contributed by atoms with van der Waals surface area (Å²) in [6, 6.07) is 13.7. The number of benzene rings is 2. The summed E-state index contributed by atoms with van der Waals surface area (Å²) in [6.45, 7) is 0. The third-order valence-corrected chi connectivity index (χ3v) is 3.65. The third-order valence-electron chi connectivity index (χ3n) is 3.35. The van der Waals surface area contributed by atoms with Gasteiger partial charge in [0.1, 0.15) is 11.6 Å². The fourth-order valence-electron chi connectivity index (χ4n) is 2.08. The van der Waals surface area contributed by atoms with Crippen LogP contribution in [0.5, 0.6) is 5.75 Å². The molecule has 5 nitrogen and oxygen atoms in total. The Hall–Kier alpha value is -2.54. The lowest BCUT2D eigenvalue weighted by molar-refractivity contribution is 0.415. The molecule has 0 radical (unpaired) electrons. The second-order valence-corrected chi connectivity index (χ2v) is 5.10. The van der Waals surface area contributed by atoms with E-state index in [2.05, 4.69) is 28.0 Å². The molecule has 1 N–H and O–H groups in total. The SMILES string of the molecule is COc1ccc(/C(CS)=N/n2[nH]nc2-c2ccc(F)cc2)cc1. The van der Waals surface area contributed by atoms with Crippen LogP contribution in [0.3, 0.4) is 0 Å². The molecular weight excluding hydrogens is 315 g/mol. The fraction of sp³-hybridized carbons (Fsp3) is 0.125. The second-order valence-electron chi connectivity index (χ2n) is 4.79. The Labute approximate surface area is 138 Å². The van der Waals surface area contributed by atoms with Crippen LogP contribution in [0, 0.1) is 5.82 Å². The van der Waals surface area contributed by atoms with Crippen LogP contribution in [0.1, 0.15) is 5.56 Å². The van der Waals surface area contributed by atoms with Crippen molar-refractivity contribution in [3.8, 4) is 17.1 Å². The molecule has 0 bridgehead atoms. The normalized spacial score (nSPS) is 11.7. The smallest absolute Gasteiger partial charge is 0.202 e. The van der Waals surface area contributed by atoms with E-state index < -0.39 is 0 Å². The first-order valence-corrected chi connectivity index (χ1v) is 7.56. The molecule has 0 saturated heterocycles. The molecular formula is C16H15FN4OS. The van der Waals surface area contributed by atoms with Crippen molar-refractivity contribution in [3.05, 3.63) is 59.9 Å². The highest BCUT2D eigenvalue weighted by Gasteiger charge is 2.11. The molecule has 23 heavy (non-hydrogen) atoms. The van der Waals surface area contributed by atoms with Crippen molar-refractivity contribution in [1.82, 2.24) is 15.1 Å². The van der Waals surface area contributed by atoms with Crippen LogP contribution in [-0.4, -0.2) is 33.7 Å². The Kier molecular flexibility index (Phi) is 4.47. The van der Waals surface area contributed by atoms with Gasteiger partial charge in [0.05, 0.1) is 12.8 Å². The lowest BCUT2D eigenvalue weighted by Crippen LogP contribution is -2.16. The number of nitrogens with one attached hydrogen (secondary N) is 1. The predicted molar refractivity (Wildman–Crippen MR) is 90.8 cm³/mol. The number of rotatable bonds is 5. The molecule has 1 aromatic heterocycles. The summed E-state index contributed by atoms with van der Waals surface area (Å²) >= 11 is 4.34. The summed E-state index contributed by atoms with van der Waals surface area (Å²) in [7, 11) is 1.62. The minimum absolute atomic E-state index is 0.286. The molecule has 0 aliphatic rings. The summed E-state index contributed by atoms with van der Waals surface area (Å²) in [6.07, 6.45) is 0. The van der Waals surface area contributed by atoms with Gasteiger partial charge in [0.15, 0.2) is 0 Å². The van der Waals surface area contributed by atoms with E-state index >= 15 is 0 Å². The minimum Gasteiger partial charge on any atom is -0.497 e. The molecule has 7 heteroatoms. The Morgan fingerprint density at radius 3 is 2.43 bits per heavy atom. The van der Waals surface area contributed by atoms with Gasteiger partial charge in [-0.3, -0.25) is 0 Å². The maximum absolute atomic E-state index is 13.0. The summed E-state index contributed by atoms with van der Waals surface area (Å²) in [5.41, 5.74) is 2.49. The van der Waals surface area contributed by atoms with Gasteiger partial charge >= 0.3 is 0 Å². The first kappa shape index (κ1) is 15.4. The second kappa shape index (κ2) is 6.70. The number of nitrogens with zero attached hydrogens (tertiary/aromatic N) is 3. The standard InChI is InChI=1S/C16H15FN4OS/c1-22-14-8-4-11(5-9-14)15(10-23)19-21-16(18-20-21)12-2-6-13(17)7-3-12/h2-9,20,23H,10H2,1H3/b19-15+. The number of hydrogen-bond donors (Lipinski definition) is 2. The first-order valence-electron chi connectivity index (χ1n) is 6.93. The van der Waals surface area contributed by atoms with Crippen LogP contribution in [-0.2, 0) is 0 Å². The summed E-state index contributed by atoms with van der Waals surface area (Å²) < 4.78 is 18.1. The highest BCUT2D eigenvalue weighted by molar-refractivity contribution is 7.81. The summed E-state index contributed by atoms with van der Waals surface area (Å²) in [4.78, 5) is 1.54. The first-order chi connectivity index (χ1) is 11.2. The van der Waals surface area contributed by atoms with Crippen molar-refractivity contribution in [2.24, 2.45) is 5.10 Å². The van der Waals surface area contributed by atoms with Gasteiger partial charge in [-0.2, -0.15) is 22.9 Å². The number of aromatic amines is 1. The van der Waals surface area contributed by atoms with Gasteiger partial charge in [-0.25, -0.2) is 4.39 Å². The average molecular weight is 330 g/mol. The van der Waals surface area contributed by atoms with E-state index in [1.807, 2.05) is 24.3 Å². The largest absolute Gasteiger partial charge is 0.497 e. The number of hydrogen-bond acceptors (Lipinski definition) is 4. The number of H-pyrrole nitrogens is 1. The third kappa shape index (κ3) is 3.29. The molecule has 0 spiro atoms.